The molecule has 1 N–H and O–H groups in total. The van der Waals surface area contributed by atoms with Gasteiger partial charge in [-0.15, -0.1) is 0 Å². The zero-order valence-electron chi connectivity index (χ0n) is 7.59. The average Bonchev–Trinajstić information content (AvgIpc) is 2.04. The first-order chi connectivity index (χ1) is 5.94. The molecule has 1 unspecified atom stereocenters. The van der Waals surface area contributed by atoms with Gasteiger partial charge >= 0.3 is 0 Å². The number of aryl methyl sites for hydroxylation is 1. The Balaban J connectivity index is 3.01. The van der Waals surface area contributed by atoms with Crippen LogP contribution >= 0.6 is 0 Å². The minimum absolute atomic E-state index is 0.145. The van der Waals surface area contributed by atoms with Gasteiger partial charge < -0.3 is 5.11 Å². The molecule has 0 aromatic heterocycles. The Morgan fingerprint density at radius 1 is 1.23 bits per heavy atom. The summed E-state index contributed by atoms with van der Waals surface area (Å²) in [7, 11) is 0. The number of hydrogen-bond donors (Lipinski definition) is 1. The predicted octanol–water partition coefficient (Wildman–Crippen LogP) is 2.47. The first-order valence-electron chi connectivity index (χ1n) is 4.07. The Labute approximate surface area is 76.0 Å². The maximum absolute atomic E-state index is 13.2. The van der Waals surface area contributed by atoms with Crippen LogP contribution < -0.4 is 0 Å². The molecule has 1 nitrogen and oxygen atoms in total. The molecule has 0 amide bonds. The summed E-state index contributed by atoms with van der Waals surface area (Å²) < 4.78 is 26.3. The number of halogens is 2. The van der Waals surface area contributed by atoms with Gasteiger partial charge in [0.2, 0.25) is 0 Å². The smallest absolute Gasteiger partial charge is 0.298 e. The average molecular weight is 186 g/mol. The molecule has 1 atom stereocenters. The molecule has 0 aliphatic rings. The monoisotopic (exact) mass is 186 g/mol. The molecule has 1 aromatic rings. The van der Waals surface area contributed by atoms with Crippen LogP contribution in [0.2, 0.25) is 0 Å². The van der Waals surface area contributed by atoms with Gasteiger partial charge in [0.15, 0.2) is 0 Å². The standard InChI is InChI=1S/C10H12F2O/c1-7-3-5-9(6-4-7)10(11,12)8(2)13/h3-6,8,13H,1-2H3. The maximum Gasteiger partial charge on any atom is 0.298 e. The van der Waals surface area contributed by atoms with E-state index >= 15 is 0 Å². The molecule has 0 saturated heterocycles. The molecular formula is C10H12F2O. The summed E-state index contributed by atoms with van der Waals surface area (Å²) in [5.74, 6) is -3.16. The lowest BCUT2D eigenvalue weighted by atomic mass is 10.0. The van der Waals surface area contributed by atoms with Gasteiger partial charge in [0.05, 0.1) is 0 Å². The molecule has 0 aliphatic carbocycles. The zero-order valence-corrected chi connectivity index (χ0v) is 7.59. The predicted molar refractivity (Wildman–Crippen MR) is 46.8 cm³/mol. The Kier molecular flexibility index (Phi) is 2.66. The Morgan fingerprint density at radius 2 is 1.69 bits per heavy atom. The Bertz CT molecular complexity index is 277. The second-order valence-electron chi connectivity index (χ2n) is 3.16. The van der Waals surface area contributed by atoms with Crippen LogP contribution in [0.3, 0.4) is 0 Å². The summed E-state index contributed by atoms with van der Waals surface area (Å²) in [5.41, 5.74) is 0.776. The molecule has 1 aromatic carbocycles. The van der Waals surface area contributed by atoms with Crippen molar-refractivity contribution in [2.45, 2.75) is 25.9 Å². The van der Waals surface area contributed by atoms with Crippen LogP contribution in [0.1, 0.15) is 18.1 Å². The third-order valence-corrected chi connectivity index (χ3v) is 1.96. The fraction of sp³-hybridized carbons (Fsp3) is 0.400. The Morgan fingerprint density at radius 3 is 2.08 bits per heavy atom. The minimum atomic E-state index is -3.16. The van der Waals surface area contributed by atoms with Crippen LogP contribution in [0, 0.1) is 6.92 Å². The van der Waals surface area contributed by atoms with Gasteiger partial charge in [0.1, 0.15) is 6.10 Å². The van der Waals surface area contributed by atoms with Crippen molar-refractivity contribution in [2.75, 3.05) is 0 Å². The van der Waals surface area contributed by atoms with Crippen molar-refractivity contribution >= 4 is 0 Å². The lowest BCUT2D eigenvalue weighted by Gasteiger charge is -2.19. The van der Waals surface area contributed by atoms with Crippen molar-refractivity contribution in [3.63, 3.8) is 0 Å². The van der Waals surface area contributed by atoms with Gasteiger partial charge in [0.25, 0.3) is 5.92 Å². The number of aliphatic hydroxyl groups is 1. The highest BCUT2D eigenvalue weighted by molar-refractivity contribution is 5.25. The molecule has 3 heteroatoms. The van der Waals surface area contributed by atoms with E-state index in [0.717, 1.165) is 12.5 Å². The van der Waals surface area contributed by atoms with Crippen LogP contribution in [0.25, 0.3) is 0 Å². The molecule has 0 radical (unpaired) electrons. The lowest BCUT2D eigenvalue weighted by Crippen LogP contribution is -2.27. The van der Waals surface area contributed by atoms with Gasteiger partial charge in [-0.3, -0.25) is 0 Å². The highest BCUT2D eigenvalue weighted by atomic mass is 19.3. The number of aliphatic hydroxyl groups excluding tert-OH is 1. The summed E-state index contributed by atoms with van der Waals surface area (Å²) in [4.78, 5) is 0. The molecule has 1 rings (SSSR count). The number of rotatable bonds is 2. The molecule has 72 valence electrons. The Hall–Kier alpha value is -0.960. The van der Waals surface area contributed by atoms with E-state index in [0.29, 0.717) is 0 Å². The van der Waals surface area contributed by atoms with Crippen molar-refractivity contribution in [1.82, 2.24) is 0 Å². The molecular weight excluding hydrogens is 174 g/mol. The molecule has 0 spiro atoms. The first kappa shape index (κ1) is 10.1. The van der Waals surface area contributed by atoms with Crippen LogP contribution in [0.15, 0.2) is 24.3 Å². The van der Waals surface area contributed by atoms with Crippen molar-refractivity contribution in [1.29, 1.82) is 0 Å². The SMILES string of the molecule is Cc1ccc(C(F)(F)C(C)O)cc1. The molecule has 0 aliphatic heterocycles. The molecule has 0 heterocycles. The van der Waals surface area contributed by atoms with E-state index < -0.39 is 12.0 Å². The van der Waals surface area contributed by atoms with E-state index in [-0.39, 0.29) is 5.56 Å². The van der Waals surface area contributed by atoms with E-state index in [1.54, 1.807) is 12.1 Å². The minimum Gasteiger partial charge on any atom is -0.387 e. The quantitative estimate of drug-likeness (QED) is 0.752. The van der Waals surface area contributed by atoms with Gasteiger partial charge in [-0.05, 0) is 13.8 Å². The second-order valence-corrected chi connectivity index (χ2v) is 3.16. The van der Waals surface area contributed by atoms with E-state index in [4.69, 9.17) is 5.11 Å². The van der Waals surface area contributed by atoms with Gasteiger partial charge in [-0.25, -0.2) is 0 Å². The molecule has 0 bridgehead atoms. The molecule has 0 saturated carbocycles. The molecule has 13 heavy (non-hydrogen) atoms. The van der Waals surface area contributed by atoms with E-state index in [9.17, 15) is 8.78 Å². The van der Waals surface area contributed by atoms with Crippen molar-refractivity contribution in [3.05, 3.63) is 35.4 Å². The number of benzene rings is 1. The highest BCUT2D eigenvalue weighted by Gasteiger charge is 2.36. The zero-order chi connectivity index (χ0) is 10.1. The fourth-order valence-corrected chi connectivity index (χ4v) is 1.02. The van der Waals surface area contributed by atoms with E-state index in [1.807, 2.05) is 6.92 Å². The van der Waals surface area contributed by atoms with Crippen LogP contribution in [-0.2, 0) is 5.92 Å². The van der Waals surface area contributed by atoms with Crippen molar-refractivity contribution in [3.8, 4) is 0 Å². The number of alkyl halides is 2. The normalized spacial score (nSPS) is 14.2. The number of hydrogen-bond acceptors (Lipinski definition) is 1. The first-order valence-corrected chi connectivity index (χ1v) is 4.07. The van der Waals surface area contributed by atoms with Gasteiger partial charge in [0, 0.05) is 5.56 Å². The summed E-state index contributed by atoms with van der Waals surface area (Å²) >= 11 is 0. The lowest BCUT2D eigenvalue weighted by molar-refractivity contribution is -0.106. The van der Waals surface area contributed by atoms with E-state index in [1.165, 1.54) is 12.1 Å². The third kappa shape index (κ3) is 2.04. The summed E-state index contributed by atoms with van der Waals surface area (Å²) in [6.45, 7) is 2.91. The van der Waals surface area contributed by atoms with E-state index in [2.05, 4.69) is 0 Å². The van der Waals surface area contributed by atoms with Crippen LogP contribution in [-0.4, -0.2) is 11.2 Å². The topological polar surface area (TPSA) is 20.2 Å². The fourth-order valence-electron chi connectivity index (χ4n) is 1.02. The van der Waals surface area contributed by atoms with Crippen molar-refractivity contribution in [2.24, 2.45) is 0 Å². The summed E-state index contributed by atoms with van der Waals surface area (Å²) in [6, 6.07) is 5.88. The summed E-state index contributed by atoms with van der Waals surface area (Å²) in [6.07, 6.45) is -1.66. The van der Waals surface area contributed by atoms with Crippen LogP contribution in [0.5, 0.6) is 0 Å². The highest BCUT2D eigenvalue weighted by Crippen LogP contribution is 2.31. The summed E-state index contributed by atoms with van der Waals surface area (Å²) in [5, 5.41) is 8.85. The van der Waals surface area contributed by atoms with Gasteiger partial charge in [-0.2, -0.15) is 8.78 Å². The third-order valence-electron chi connectivity index (χ3n) is 1.96. The van der Waals surface area contributed by atoms with Gasteiger partial charge in [-0.1, -0.05) is 29.8 Å². The largest absolute Gasteiger partial charge is 0.387 e. The second kappa shape index (κ2) is 3.42. The maximum atomic E-state index is 13.2. The molecule has 0 fully saturated rings. The van der Waals surface area contributed by atoms with Crippen molar-refractivity contribution < 1.29 is 13.9 Å². The van der Waals surface area contributed by atoms with Crippen LogP contribution in [0.4, 0.5) is 8.78 Å².